The smallest absolute Gasteiger partial charge is 0.149 e. The molecule has 0 bridgehead atoms. The van der Waals surface area contributed by atoms with Crippen LogP contribution >= 0.6 is 11.6 Å². The molecule has 2 unspecified atom stereocenters. The Balaban J connectivity index is 1.69. The van der Waals surface area contributed by atoms with Crippen molar-refractivity contribution in [1.29, 1.82) is 0 Å². The molecule has 2 aliphatic rings. The Kier molecular flexibility index (Phi) is 3.66. The summed E-state index contributed by atoms with van der Waals surface area (Å²) in [4.78, 5) is 10.8. The highest BCUT2D eigenvalue weighted by atomic mass is 35.5. The van der Waals surface area contributed by atoms with Gasteiger partial charge in [0.15, 0.2) is 0 Å². The molecular weight excluding hydrogens is 248 g/mol. The lowest BCUT2D eigenvalue weighted by atomic mass is 9.90. The Morgan fingerprint density at radius 1 is 1.28 bits per heavy atom. The molecule has 0 saturated carbocycles. The Labute approximate surface area is 113 Å². The van der Waals surface area contributed by atoms with Gasteiger partial charge < -0.3 is 10.2 Å². The van der Waals surface area contributed by atoms with E-state index >= 15 is 0 Å². The number of halogens is 1. The van der Waals surface area contributed by atoms with Crippen molar-refractivity contribution in [3.63, 3.8) is 0 Å². The van der Waals surface area contributed by atoms with E-state index in [0.29, 0.717) is 11.2 Å². The fourth-order valence-electron chi connectivity index (χ4n) is 3.15. The zero-order valence-corrected chi connectivity index (χ0v) is 11.2. The van der Waals surface area contributed by atoms with Crippen LogP contribution in [0.15, 0.2) is 12.4 Å². The van der Waals surface area contributed by atoms with Crippen LogP contribution in [-0.2, 0) is 0 Å². The van der Waals surface area contributed by atoms with Crippen LogP contribution in [0.25, 0.3) is 0 Å². The van der Waals surface area contributed by atoms with Gasteiger partial charge in [0, 0.05) is 19.1 Å². The van der Waals surface area contributed by atoms with Crippen LogP contribution in [0.3, 0.4) is 0 Å². The molecule has 2 atom stereocenters. The second-order valence-electron chi connectivity index (χ2n) is 5.25. The van der Waals surface area contributed by atoms with Crippen LogP contribution < -0.4 is 10.2 Å². The second kappa shape index (κ2) is 5.41. The summed E-state index contributed by atoms with van der Waals surface area (Å²) >= 11 is 5.91. The first-order valence-corrected chi connectivity index (χ1v) is 7.16. The molecule has 0 amide bonds. The normalized spacial score (nSPS) is 28.6. The van der Waals surface area contributed by atoms with Gasteiger partial charge in [-0.25, -0.2) is 4.98 Å². The third-order valence-corrected chi connectivity index (χ3v) is 4.22. The summed E-state index contributed by atoms with van der Waals surface area (Å²) < 4.78 is 0. The summed E-state index contributed by atoms with van der Waals surface area (Å²) in [5.74, 6) is 1.66. The first-order valence-electron chi connectivity index (χ1n) is 6.79. The standard InChI is InChI=1S/C13H19ClN4/c14-12-7-15-8-13(17-12)18-6-2-3-10(9-18)11-4-1-5-16-11/h7-8,10-11,16H,1-6,9H2. The van der Waals surface area contributed by atoms with Gasteiger partial charge in [-0.3, -0.25) is 4.98 Å². The molecule has 0 spiro atoms. The SMILES string of the molecule is Clc1cncc(N2CCCC(C3CCCN3)C2)n1. The van der Waals surface area contributed by atoms with E-state index in [0.717, 1.165) is 24.8 Å². The molecule has 5 heteroatoms. The summed E-state index contributed by atoms with van der Waals surface area (Å²) in [5.41, 5.74) is 0. The Morgan fingerprint density at radius 2 is 2.22 bits per heavy atom. The Bertz CT molecular complexity index is 406. The van der Waals surface area contributed by atoms with E-state index in [-0.39, 0.29) is 0 Å². The van der Waals surface area contributed by atoms with Crippen LogP contribution in [0.1, 0.15) is 25.7 Å². The summed E-state index contributed by atoms with van der Waals surface area (Å²) in [5, 5.41) is 4.10. The first-order chi connectivity index (χ1) is 8.83. The van der Waals surface area contributed by atoms with Gasteiger partial charge in [0.2, 0.25) is 0 Å². The van der Waals surface area contributed by atoms with Crippen LogP contribution in [0, 0.1) is 5.92 Å². The molecule has 18 heavy (non-hydrogen) atoms. The zero-order valence-electron chi connectivity index (χ0n) is 10.5. The monoisotopic (exact) mass is 266 g/mol. The number of hydrogen-bond donors (Lipinski definition) is 1. The minimum atomic E-state index is 0.480. The molecular formula is C13H19ClN4. The molecule has 0 aliphatic carbocycles. The second-order valence-corrected chi connectivity index (χ2v) is 5.64. The van der Waals surface area contributed by atoms with Gasteiger partial charge in [-0.05, 0) is 38.1 Å². The van der Waals surface area contributed by atoms with Gasteiger partial charge in [0.05, 0.1) is 12.4 Å². The quantitative estimate of drug-likeness (QED) is 0.890. The molecule has 1 aromatic heterocycles. The third-order valence-electron chi connectivity index (χ3n) is 4.04. The summed E-state index contributed by atoms with van der Waals surface area (Å²) in [6.07, 6.45) is 8.60. The van der Waals surface area contributed by atoms with E-state index < -0.39 is 0 Å². The van der Waals surface area contributed by atoms with Crippen molar-refractivity contribution >= 4 is 17.4 Å². The van der Waals surface area contributed by atoms with Crippen molar-refractivity contribution in [2.45, 2.75) is 31.7 Å². The largest absolute Gasteiger partial charge is 0.355 e. The molecule has 2 saturated heterocycles. The lowest BCUT2D eigenvalue weighted by molar-refractivity contribution is 0.328. The highest BCUT2D eigenvalue weighted by Crippen LogP contribution is 2.27. The van der Waals surface area contributed by atoms with Crippen LogP contribution in [0.4, 0.5) is 5.82 Å². The number of rotatable bonds is 2. The maximum Gasteiger partial charge on any atom is 0.149 e. The third kappa shape index (κ3) is 2.59. The minimum absolute atomic E-state index is 0.480. The summed E-state index contributed by atoms with van der Waals surface area (Å²) in [7, 11) is 0. The lowest BCUT2D eigenvalue weighted by Crippen LogP contribution is -2.43. The molecule has 1 N–H and O–H groups in total. The number of nitrogens with one attached hydrogen (secondary N) is 1. The number of nitrogens with zero attached hydrogens (tertiary/aromatic N) is 3. The molecule has 3 rings (SSSR count). The van der Waals surface area contributed by atoms with Crippen molar-refractivity contribution in [1.82, 2.24) is 15.3 Å². The maximum atomic E-state index is 5.91. The molecule has 2 aliphatic heterocycles. The fourth-order valence-corrected chi connectivity index (χ4v) is 3.29. The fraction of sp³-hybridized carbons (Fsp3) is 0.692. The predicted octanol–water partition coefficient (Wildman–Crippen LogP) is 2.10. The number of hydrogen-bond acceptors (Lipinski definition) is 4. The van der Waals surface area contributed by atoms with Crippen molar-refractivity contribution < 1.29 is 0 Å². The van der Waals surface area contributed by atoms with E-state index in [4.69, 9.17) is 11.6 Å². The van der Waals surface area contributed by atoms with Gasteiger partial charge in [-0.2, -0.15) is 0 Å². The molecule has 98 valence electrons. The summed E-state index contributed by atoms with van der Waals surface area (Å²) in [6, 6.07) is 0.694. The first kappa shape index (κ1) is 12.2. The molecule has 3 heterocycles. The zero-order chi connectivity index (χ0) is 12.4. The van der Waals surface area contributed by atoms with Crippen molar-refractivity contribution in [2.24, 2.45) is 5.92 Å². The van der Waals surface area contributed by atoms with Crippen LogP contribution in [0.2, 0.25) is 5.15 Å². The average Bonchev–Trinajstić information content (AvgIpc) is 2.93. The van der Waals surface area contributed by atoms with Gasteiger partial charge in [0.1, 0.15) is 11.0 Å². The van der Waals surface area contributed by atoms with Crippen molar-refractivity contribution in [2.75, 3.05) is 24.5 Å². The van der Waals surface area contributed by atoms with Crippen molar-refractivity contribution in [3.8, 4) is 0 Å². The molecule has 2 fully saturated rings. The van der Waals surface area contributed by atoms with Crippen molar-refractivity contribution in [3.05, 3.63) is 17.5 Å². The van der Waals surface area contributed by atoms with E-state index in [2.05, 4.69) is 20.2 Å². The average molecular weight is 267 g/mol. The van der Waals surface area contributed by atoms with E-state index in [1.165, 1.54) is 32.2 Å². The number of anilines is 1. The highest BCUT2D eigenvalue weighted by molar-refractivity contribution is 6.29. The van der Waals surface area contributed by atoms with Crippen LogP contribution in [-0.4, -0.2) is 35.6 Å². The van der Waals surface area contributed by atoms with Gasteiger partial charge >= 0.3 is 0 Å². The number of aromatic nitrogens is 2. The Hall–Kier alpha value is -0.870. The predicted molar refractivity (Wildman–Crippen MR) is 73.0 cm³/mol. The van der Waals surface area contributed by atoms with E-state index in [1.54, 1.807) is 6.20 Å². The van der Waals surface area contributed by atoms with Gasteiger partial charge in [-0.15, -0.1) is 0 Å². The molecule has 0 aromatic carbocycles. The topological polar surface area (TPSA) is 41.1 Å². The molecule has 4 nitrogen and oxygen atoms in total. The van der Waals surface area contributed by atoms with E-state index in [1.807, 2.05) is 6.20 Å². The minimum Gasteiger partial charge on any atom is -0.355 e. The lowest BCUT2D eigenvalue weighted by Gasteiger charge is -2.36. The van der Waals surface area contributed by atoms with Gasteiger partial charge in [0.25, 0.3) is 0 Å². The summed E-state index contributed by atoms with van der Waals surface area (Å²) in [6.45, 7) is 3.32. The Morgan fingerprint density at radius 3 is 3.00 bits per heavy atom. The molecule has 1 aromatic rings. The van der Waals surface area contributed by atoms with Gasteiger partial charge in [-0.1, -0.05) is 11.6 Å². The number of piperidine rings is 1. The van der Waals surface area contributed by atoms with E-state index in [9.17, 15) is 0 Å². The maximum absolute atomic E-state index is 5.91. The van der Waals surface area contributed by atoms with Crippen LogP contribution in [0.5, 0.6) is 0 Å². The molecule has 0 radical (unpaired) electrons. The highest BCUT2D eigenvalue weighted by Gasteiger charge is 2.29.